The van der Waals surface area contributed by atoms with Gasteiger partial charge in [-0.05, 0) is 37.6 Å². The number of rotatable bonds is 5. The lowest BCUT2D eigenvalue weighted by molar-refractivity contribution is 0.0947. The van der Waals surface area contributed by atoms with Crippen molar-refractivity contribution < 1.29 is 9.59 Å². The van der Waals surface area contributed by atoms with E-state index in [1.165, 1.54) is 0 Å². The first-order chi connectivity index (χ1) is 12.5. The number of aryl methyl sites for hydroxylation is 2. The molecule has 0 aliphatic rings. The molecule has 2 N–H and O–H groups in total. The summed E-state index contributed by atoms with van der Waals surface area (Å²) < 4.78 is 1.61. The number of imidazole rings is 1. The first kappa shape index (κ1) is 17.4. The average molecular weight is 348 g/mol. The average Bonchev–Trinajstić information content (AvgIpc) is 3.02. The molecule has 3 rings (SSSR count). The van der Waals surface area contributed by atoms with Crippen LogP contribution in [0.3, 0.4) is 0 Å². The summed E-state index contributed by atoms with van der Waals surface area (Å²) in [6.07, 6.45) is 3.29. The number of nitrogens with one attached hydrogen (secondary N) is 2. The minimum Gasteiger partial charge on any atom is -0.346 e. The lowest BCUT2D eigenvalue weighted by Crippen LogP contribution is -2.25. The van der Waals surface area contributed by atoms with Crippen molar-refractivity contribution in [2.75, 3.05) is 11.9 Å². The number of anilines is 1. The largest absolute Gasteiger partial charge is 0.346 e. The maximum Gasteiger partial charge on any atom is 0.287 e. The Morgan fingerprint density at radius 2 is 2.00 bits per heavy atom. The number of aromatic nitrogens is 2. The minimum atomic E-state index is -0.364. The molecule has 132 valence electrons. The Morgan fingerprint density at radius 3 is 2.73 bits per heavy atom. The number of amides is 2. The van der Waals surface area contributed by atoms with Crippen molar-refractivity contribution in [1.29, 1.82) is 0 Å². The molecular weight excluding hydrogens is 328 g/mol. The van der Waals surface area contributed by atoms with Crippen LogP contribution in [-0.4, -0.2) is 27.7 Å². The fraction of sp³-hybridized carbons (Fsp3) is 0.150. The van der Waals surface area contributed by atoms with Crippen molar-refractivity contribution in [3.8, 4) is 0 Å². The van der Waals surface area contributed by atoms with Crippen LogP contribution in [0, 0.1) is 13.8 Å². The smallest absolute Gasteiger partial charge is 0.287 e. The van der Waals surface area contributed by atoms with E-state index in [9.17, 15) is 9.59 Å². The van der Waals surface area contributed by atoms with Gasteiger partial charge in [0.15, 0.2) is 5.69 Å². The number of carbonyl (C=O) groups excluding carboxylic acids is 2. The van der Waals surface area contributed by atoms with Gasteiger partial charge in [-0.1, -0.05) is 29.8 Å². The van der Waals surface area contributed by atoms with E-state index in [-0.39, 0.29) is 23.3 Å². The normalized spacial score (nSPS) is 10.5. The Hall–Kier alpha value is -3.41. The number of carbonyl (C=O) groups is 2. The van der Waals surface area contributed by atoms with E-state index in [4.69, 9.17) is 0 Å². The third kappa shape index (κ3) is 3.35. The van der Waals surface area contributed by atoms with E-state index in [0.717, 1.165) is 16.8 Å². The molecule has 0 radical (unpaired) electrons. The predicted molar refractivity (Wildman–Crippen MR) is 102 cm³/mol. The summed E-state index contributed by atoms with van der Waals surface area (Å²) in [6, 6.07) is 11.1. The monoisotopic (exact) mass is 348 g/mol. The molecule has 2 aromatic heterocycles. The van der Waals surface area contributed by atoms with Crippen molar-refractivity contribution in [1.82, 2.24) is 14.7 Å². The van der Waals surface area contributed by atoms with E-state index in [1.54, 1.807) is 34.9 Å². The van der Waals surface area contributed by atoms with E-state index in [0.29, 0.717) is 12.1 Å². The summed E-state index contributed by atoms with van der Waals surface area (Å²) >= 11 is 0. The summed E-state index contributed by atoms with van der Waals surface area (Å²) in [5.74, 6) is -0.562. The Kier molecular flexibility index (Phi) is 4.84. The summed E-state index contributed by atoms with van der Waals surface area (Å²) in [4.78, 5) is 29.4. The topological polar surface area (TPSA) is 75.5 Å². The van der Waals surface area contributed by atoms with Crippen LogP contribution >= 0.6 is 0 Å². The molecule has 6 nitrogen and oxygen atoms in total. The fourth-order valence-corrected chi connectivity index (χ4v) is 2.74. The van der Waals surface area contributed by atoms with Crippen molar-refractivity contribution in [3.05, 3.63) is 77.9 Å². The first-order valence-corrected chi connectivity index (χ1v) is 8.26. The number of fused-ring (bicyclic) bond motifs is 1. The summed E-state index contributed by atoms with van der Waals surface area (Å²) in [5, 5.41) is 5.56. The number of hydrogen-bond donors (Lipinski definition) is 2. The molecule has 0 aliphatic heterocycles. The van der Waals surface area contributed by atoms with Gasteiger partial charge in [-0.15, -0.1) is 6.58 Å². The minimum absolute atomic E-state index is 0.160. The molecule has 0 saturated carbocycles. The summed E-state index contributed by atoms with van der Waals surface area (Å²) in [7, 11) is 0. The predicted octanol–water partition coefficient (Wildman–Crippen LogP) is 3.12. The Morgan fingerprint density at radius 1 is 1.19 bits per heavy atom. The molecule has 2 heterocycles. The third-order valence-corrected chi connectivity index (χ3v) is 4.00. The quantitative estimate of drug-likeness (QED) is 0.696. The highest BCUT2D eigenvalue weighted by Crippen LogP contribution is 2.19. The first-order valence-electron chi connectivity index (χ1n) is 8.26. The maximum atomic E-state index is 12.8. The second-order valence-electron chi connectivity index (χ2n) is 6.01. The maximum absolute atomic E-state index is 12.8. The van der Waals surface area contributed by atoms with Gasteiger partial charge >= 0.3 is 0 Å². The zero-order valence-corrected chi connectivity index (χ0v) is 14.7. The Bertz CT molecular complexity index is 1000. The van der Waals surface area contributed by atoms with Gasteiger partial charge in [0, 0.05) is 18.4 Å². The second kappa shape index (κ2) is 7.23. The lowest BCUT2D eigenvalue weighted by Gasteiger charge is -2.08. The van der Waals surface area contributed by atoms with Gasteiger partial charge < -0.3 is 10.6 Å². The standard InChI is InChI=1S/C20H20N4O2/c1-4-10-21-20(26)18-23-17(16-7-5-6-11-24(16)18)19(25)22-15-9-8-13(2)12-14(15)3/h4-9,11-12H,1,10H2,2-3H3,(H,21,26)(H,22,25). The summed E-state index contributed by atoms with van der Waals surface area (Å²) in [6.45, 7) is 7.83. The van der Waals surface area contributed by atoms with Crippen molar-refractivity contribution >= 4 is 23.0 Å². The molecule has 0 atom stereocenters. The number of benzene rings is 1. The van der Waals surface area contributed by atoms with Gasteiger partial charge in [0.1, 0.15) is 0 Å². The van der Waals surface area contributed by atoms with Gasteiger partial charge in [-0.3, -0.25) is 14.0 Å². The number of pyridine rings is 1. The van der Waals surface area contributed by atoms with Crippen LogP contribution in [0.15, 0.2) is 55.3 Å². The molecule has 0 unspecified atom stereocenters. The number of nitrogens with zero attached hydrogens (tertiary/aromatic N) is 2. The lowest BCUT2D eigenvalue weighted by atomic mass is 10.1. The third-order valence-electron chi connectivity index (χ3n) is 4.00. The van der Waals surface area contributed by atoms with E-state index in [1.807, 2.05) is 32.0 Å². The zero-order chi connectivity index (χ0) is 18.7. The molecule has 6 heteroatoms. The summed E-state index contributed by atoms with van der Waals surface area (Å²) in [5.41, 5.74) is 3.57. The zero-order valence-electron chi connectivity index (χ0n) is 14.7. The molecule has 3 aromatic rings. The Labute approximate surface area is 151 Å². The van der Waals surface area contributed by atoms with Crippen molar-refractivity contribution in [2.45, 2.75) is 13.8 Å². The highest BCUT2D eigenvalue weighted by molar-refractivity contribution is 6.09. The van der Waals surface area contributed by atoms with E-state index in [2.05, 4.69) is 22.2 Å². The van der Waals surface area contributed by atoms with Crippen molar-refractivity contribution in [3.63, 3.8) is 0 Å². The highest BCUT2D eigenvalue weighted by Gasteiger charge is 2.21. The van der Waals surface area contributed by atoms with E-state index < -0.39 is 0 Å². The van der Waals surface area contributed by atoms with Crippen LogP contribution in [0.1, 0.15) is 32.2 Å². The van der Waals surface area contributed by atoms with Crippen molar-refractivity contribution in [2.24, 2.45) is 0 Å². The molecular formula is C20H20N4O2. The molecule has 0 saturated heterocycles. The second-order valence-corrected chi connectivity index (χ2v) is 6.01. The molecule has 0 aliphatic carbocycles. The van der Waals surface area contributed by atoms with Gasteiger partial charge in [0.05, 0.1) is 5.52 Å². The van der Waals surface area contributed by atoms with Crippen LogP contribution in [0.5, 0.6) is 0 Å². The molecule has 2 amide bonds. The molecule has 26 heavy (non-hydrogen) atoms. The molecule has 0 bridgehead atoms. The van der Waals surface area contributed by atoms with Crippen LogP contribution < -0.4 is 10.6 Å². The van der Waals surface area contributed by atoms with Crippen LogP contribution in [0.4, 0.5) is 5.69 Å². The SMILES string of the molecule is C=CCNC(=O)c1nc(C(=O)Nc2ccc(C)cc2C)c2ccccn12. The van der Waals surface area contributed by atoms with Crippen LogP contribution in [0.25, 0.3) is 5.52 Å². The van der Waals surface area contributed by atoms with Gasteiger partial charge in [0.25, 0.3) is 11.8 Å². The van der Waals surface area contributed by atoms with Crippen LogP contribution in [0.2, 0.25) is 0 Å². The molecule has 0 spiro atoms. The van der Waals surface area contributed by atoms with E-state index >= 15 is 0 Å². The molecule has 1 aromatic carbocycles. The molecule has 0 fully saturated rings. The highest BCUT2D eigenvalue weighted by atomic mass is 16.2. The van der Waals surface area contributed by atoms with Crippen LogP contribution in [-0.2, 0) is 0 Å². The van der Waals surface area contributed by atoms with Gasteiger partial charge in [0.2, 0.25) is 5.82 Å². The Balaban J connectivity index is 1.97. The number of hydrogen-bond acceptors (Lipinski definition) is 3. The fourth-order valence-electron chi connectivity index (χ4n) is 2.74. The van der Waals surface area contributed by atoms with Gasteiger partial charge in [-0.25, -0.2) is 4.98 Å². The van der Waals surface area contributed by atoms with Gasteiger partial charge in [-0.2, -0.15) is 0 Å².